The van der Waals surface area contributed by atoms with Gasteiger partial charge in [-0.25, -0.2) is 0 Å². The fourth-order valence-corrected chi connectivity index (χ4v) is 2.12. The first-order valence-electron chi connectivity index (χ1n) is 5.95. The standard InChI is InChI=1S/C13H22O2Si/c1-11(2)16-15-12(3)14-10-9-13-7-5-4-6-8-13/h4-8,11-12H,9-10,16H2,1-3H3. The van der Waals surface area contributed by atoms with E-state index < -0.39 is 9.76 Å². The largest absolute Gasteiger partial charge is 0.400 e. The lowest BCUT2D eigenvalue weighted by Gasteiger charge is -2.15. The molecule has 0 heterocycles. The molecule has 0 saturated carbocycles. The molecule has 2 nitrogen and oxygen atoms in total. The van der Waals surface area contributed by atoms with Crippen LogP contribution in [0.5, 0.6) is 0 Å². The van der Waals surface area contributed by atoms with Crippen molar-refractivity contribution >= 4 is 9.76 Å². The van der Waals surface area contributed by atoms with Crippen molar-refractivity contribution in [1.29, 1.82) is 0 Å². The van der Waals surface area contributed by atoms with Crippen LogP contribution < -0.4 is 0 Å². The Bertz CT molecular complexity index is 275. The van der Waals surface area contributed by atoms with E-state index in [1.807, 2.05) is 13.0 Å². The van der Waals surface area contributed by atoms with Crippen LogP contribution in [0.1, 0.15) is 26.3 Å². The van der Waals surface area contributed by atoms with E-state index >= 15 is 0 Å². The van der Waals surface area contributed by atoms with Crippen molar-refractivity contribution < 1.29 is 9.16 Å². The Morgan fingerprint density at radius 2 is 1.81 bits per heavy atom. The third kappa shape index (κ3) is 6.05. The van der Waals surface area contributed by atoms with E-state index in [-0.39, 0.29) is 6.29 Å². The summed E-state index contributed by atoms with van der Waals surface area (Å²) in [5.41, 5.74) is 2.01. The van der Waals surface area contributed by atoms with E-state index in [4.69, 9.17) is 9.16 Å². The van der Waals surface area contributed by atoms with Gasteiger partial charge >= 0.3 is 0 Å². The molecular weight excluding hydrogens is 216 g/mol. The van der Waals surface area contributed by atoms with E-state index in [0.29, 0.717) is 5.54 Å². The first kappa shape index (κ1) is 13.4. The van der Waals surface area contributed by atoms with E-state index in [2.05, 4.69) is 38.1 Å². The Kier molecular flexibility index (Phi) is 6.38. The highest BCUT2D eigenvalue weighted by atomic mass is 28.2. The van der Waals surface area contributed by atoms with Crippen molar-refractivity contribution in [1.82, 2.24) is 0 Å². The van der Waals surface area contributed by atoms with Crippen LogP contribution in [0, 0.1) is 0 Å². The summed E-state index contributed by atoms with van der Waals surface area (Å²) in [6.07, 6.45) is 0.912. The Labute approximate surface area is 101 Å². The topological polar surface area (TPSA) is 18.5 Å². The maximum absolute atomic E-state index is 5.66. The molecule has 0 bridgehead atoms. The van der Waals surface area contributed by atoms with Crippen molar-refractivity contribution in [3.8, 4) is 0 Å². The number of ether oxygens (including phenoxy) is 1. The molecule has 0 spiro atoms. The van der Waals surface area contributed by atoms with Gasteiger partial charge in [0, 0.05) is 0 Å². The van der Waals surface area contributed by atoms with Crippen molar-refractivity contribution in [2.75, 3.05) is 6.61 Å². The lowest BCUT2D eigenvalue weighted by molar-refractivity contribution is -0.0653. The quantitative estimate of drug-likeness (QED) is 0.537. The third-order valence-electron chi connectivity index (χ3n) is 2.25. The summed E-state index contributed by atoms with van der Waals surface area (Å²) in [5, 5.41) is 0. The van der Waals surface area contributed by atoms with Crippen LogP contribution in [0.15, 0.2) is 30.3 Å². The van der Waals surface area contributed by atoms with Crippen molar-refractivity contribution in [2.45, 2.75) is 39.0 Å². The van der Waals surface area contributed by atoms with Gasteiger partial charge in [0.05, 0.1) is 6.61 Å². The van der Waals surface area contributed by atoms with E-state index in [0.717, 1.165) is 13.0 Å². The molecule has 3 heteroatoms. The highest BCUT2D eigenvalue weighted by Gasteiger charge is 2.03. The summed E-state index contributed by atoms with van der Waals surface area (Å²) in [4.78, 5) is 0. The Morgan fingerprint density at radius 3 is 2.44 bits per heavy atom. The lowest BCUT2D eigenvalue weighted by Crippen LogP contribution is -2.18. The van der Waals surface area contributed by atoms with Gasteiger partial charge in [-0.15, -0.1) is 0 Å². The van der Waals surface area contributed by atoms with Crippen LogP contribution in [0.25, 0.3) is 0 Å². The molecule has 1 atom stereocenters. The third-order valence-corrected chi connectivity index (χ3v) is 3.58. The van der Waals surface area contributed by atoms with Gasteiger partial charge in [0.25, 0.3) is 0 Å². The Morgan fingerprint density at radius 1 is 1.12 bits per heavy atom. The summed E-state index contributed by atoms with van der Waals surface area (Å²) >= 11 is 0. The molecule has 0 aliphatic carbocycles. The van der Waals surface area contributed by atoms with Crippen LogP contribution in [-0.4, -0.2) is 22.7 Å². The van der Waals surface area contributed by atoms with Crippen LogP contribution in [0.2, 0.25) is 5.54 Å². The molecule has 0 aliphatic rings. The summed E-state index contributed by atoms with van der Waals surface area (Å²) in [5.74, 6) is 0. The molecule has 0 aliphatic heterocycles. The minimum absolute atomic E-state index is 0.0437. The maximum atomic E-state index is 5.66. The molecule has 0 N–H and O–H groups in total. The summed E-state index contributed by atoms with van der Waals surface area (Å²) in [6.45, 7) is 7.11. The molecule has 16 heavy (non-hydrogen) atoms. The second kappa shape index (κ2) is 7.60. The second-order valence-corrected chi connectivity index (χ2v) is 6.70. The van der Waals surface area contributed by atoms with Crippen molar-refractivity contribution in [3.05, 3.63) is 35.9 Å². The molecule has 0 aromatic heterocycles. The number of hydrogen-bond donors (Lipinski definition) is 0. The smallest absolute Gasteiger partial charge is 0.167 e. The normalized spacial score (nSPS) is 13.8. The zero-order valence-corrected chi connectivity index (χ0v) is 11.9. The molecule has 1 unspecified atom stereocenters. The highest BCUT2D eigenvalue weighted by molar-refractivity contribution is 6.29. The first-order chi connectivity index (χ1) is 7.68. The minimum atomic E-state index is -0.417. The molecule has 0 amide bonds. The Hall–Kier alpha value is -0.643. The van der Waals surface area contributed by atoms with Crippen LogP contribution in [-0.2, 0) is 15.6 Å². The van der Waals surface area contributed by atoms with Gasteiger partial charge in [0.1, 0.15) is 6.29 Å². The van der Waals surface area contributed by atoms with E-state index in [1.54, 1.807) is 0 Å². The zero-order valence-electron chi connectivity index (χ0n) is 10.5. The monoisotopic (exact) mass is 238 g/mol. The van der Waals surface area contributed by atoms with Gasteiger partial charge in [-0.2, -0.15) is 0 Å². The first-order valence-corrected chi connectivity index (χ1v) is 7.35. The minimum Gasteiger partial charge on any atom is -0.400 e. The SMILES string of the molecule is CC(OCCc1ccccc1)O[SiH2]C(C)C. The van der Waals surface area contributed by atoms with E-state index in [9.17, 15) is 0 Å². The molecular formula is C13H22O2Si. The van der Waals surface area contributed by atoms with Crippen molar-refractivity contribution in [2.24, 2.45) is 0 Å². The van der Waals surface area contributed by atoms with Crippen molar-refractivity contribution in [3.63, 3.8) is 0 Å². The summed E-state index contributed by atoms with van der Waals surface area (Å²) in [6, 6.07) is 10.4. The van der Waals surface area contributed by atoms with Gasteiger partial charge in [-0.05, 0) is 24.4 Å². The predicted octanol–water partition coefficient (Wildman–Crippen LogP) is 2.52. The molecule has 0 fully saturated rings. The lowest BCUT2D eigenvalue weighted by atomic mass is 10.2. The fourth-order valence-electron chi connectivity index (χ4n) is 1.36. The van der Waals surface area contributed by atoms with Gasteiger partial charge < -0.3 is 9.16 Å². The maximum Gasteiger partial charge on any atom is 0.167 e. The highest BCUT2D eigenvalue weighted by Crippen LogP contribution is 2.04. The van der Waals surface area contributed by atoms with Gasteiger partial charge in [0.2, 0.25) is 0 Å². The predicted molar refractivity (Wildman–Crippen MR) is 70.3 cm³/mol. The second-order valence-electron chi connectivity index (χ2n) is 4.40. The van der Waals surface area contributed by atoms with Crippen LogP contribution in [0.4, 0.5) is 0 Å². The van der Waals surface area contributed by atoms with Gasteiger partial charge in [0.15, 0.2) is 9.76 Å². The Balaban J connectivity index is 2.11. The summed E-state index contributed by atoms with van der Waals surface area (Å²) < 4.78 is 11.3. The number of rotatable bonds is 7. The van der Waals surface area contributed by atoms with E-state index in [1.165, 1.54) is 5.56 Å². The average molecular weight is 238 g/mol. The molecule has 0 radical (unpaired) electrons. The molecule has 1 aromatic rings. The summed E-state index contributed by atoms with van der Waals surface area (Å²) in [7, 11) is -0.417. The number of benzene rings is 1. The molecule has 1 rings (SSSR count). The zero-order chi connectivity index (χ0) is 11.8. The molecule has 0 saturated heterocycles. The van der Waals surface area contributed by atoms with Gasteiger partial charge in [-0.1, -0.05) is 44.2 Å². The van der Waals surface area contributed by atoms with Crippen LogP contribution in [0.3, 0.4) is 0 Å². The van der Waals surface area contributed by atoms with Gasteiger partial charge in [-0.3, -0.25) is 0 Å². The fraction of sp³-hybridized carbons (Fsp3) is 0.538. The van der Waals surface area contributed by atoms with Crippen LogP contribution >= 0.6 is 0 Å². The molecule has 1 aromatic carbocycles. The average Bonchev–Trinajstić information content (AvgIpc) is 2.28. The molecule has 90 valence electrons. The number of hydrogen-bond acceptors (Lipinski definition) is 2.